The lowest BCUT2D eigenvalue weighted by atomic mass is 9.91. The molecule has 2 unspecified atom stereocenters. The SMILES string of the molecule is CC1CC(F)(F)CNC1COc1ccc(C(F)(F)F)cn1. The van der Waals surface area contributed by atoms with Crippen molar-refractivity contribution < 1.29 is 26.7 Å². The summed E-state index contributed by atoms with van der Waals surface area (Å²) in [6.07, 6.45) is -4.01. The predicted octanol–water partition coefficient (Wildman–Crippen LogP) is 3.11. The van der Waals surface area contributed by atoms with Crippen molar-refractivity contribution in [2.24, 2.45) is 5.92 Å². The van der Waals surface area contributed by atoms with Crippen LogP contribution in [0.1, 0.15) is 18.9 Å². The van der Waals surface area contributed by atoms with Gasteiger partial charge in [0.25, 0.3) is 5.92 Å². The third-order valence-electron chi connectivity index (χ3n) is 3.40. The lowest BCUT2D eigenvalue weighted by Gasteiger charge is -2.34. The van der Waals surface area contributed by atoms with E-state index < -0.39 is 24.2 Å². The second-order valence-electron chi connectivity index (χ2n) is 5.22. The molecule has 0 spiro atoms. The van der Waals surface area contributed by atoms with Crippen LogP contribution in [0.5, 0.6) is 5.88 Å². The van der Waals surface area contributed by atoms with E-state index in [-0.39, 0.29) is 30.9 Å². The van der Waals surface area contributed by atoms with Crippen LogP contribution in [0.25, 0.3) is 0 Å². The van der Waals surface area contributed by atoms with E-state index in [2.05, 4.69) is 10.3 Å². The van der Waals surface area contributed by atoms with Crippen molar-refractivity contribution in [2.75, 3.05) is 13.2 Å². The molecule has 0 aliphatic carbocycles. The maximum absolute atomic E-state index is 13.1. The van der Waals surface area contributed by atoms with E-state index in [0.717, 1.165) is 12.1 Å². The van der Waals surface area contributed by atoms with E-state index in [1.165, 1.54) is 0 Å². The molecular weight excluding hydrogens is 295 g/mol. The van der Waals surface area contributed by atoms with Crippen molar-refractivity contribution in [2.45, 2.75) is 31.5 Å². The Morgan fingerprint density at radius 1 is 1.38 bits per heavy atom. The Morgan fingerprint density at radius 2 is 2.10 bits per heavy atom. The van der Waals surface area contributed by atoms with Crippen molar-refractivity contribution in [3.63, 3.8) is 0 Å². The van der Waals surface area contributed by atoms with E-state index in [1.54, 1.807) is 6.92 Å². The van der Waals surface area contributed by atoms with Crippen molar-refractivity contribution in [1.82, 2.24) is 10.3 Å². The monoisotopic (exact) mass is 310 g/mol. The average Bonchev–Trinajstić information content (AvgIpc) is 2.36. The summed E-state index contributed by atoms with van der Waals surface area (Å²) < 4.78 is 68.6. The average molecular weight is 310 g/mol. The molecule has 0 saturated carbocycles. The second-order valence-corrected chi connectivity index (χ2v) is 5.22. The Kier molecular flexibility index (Phi) is 4.36. The van der Waals surface area contributed by atoms with Crippen LogP contribution in [-0.4, -0.2) is 30.1 Å². The second kappa shape index (κ2) is 5.75. The molecule has 2 rings (SSSR count). The zero-order valence-corrected chi connectivity index (χ0v) is 11.3. The third-order valence-corrected chi connectivity index (χ3v) is 3.40. The fourth-order valence-electron chi connectivity index (χ4n) is 2.20. The van der Waals surface area contributed by atoms with Crippen LogP contribution in [0.4, 0.5) is 22.0 Å². The first kappa shape index (κ1) is 15.9. The molecule has 2 atom stereocenters. The minimum Gasteiger partial charge on any atom is -0.476 e. The topological polar surface area (TPSA) is 34.1 Å². The molecule has 8 heteroatoms. The highest BCUT2D eigenvalue weighted by Crippen LogP contribution is 2.30. The van der Waals surface area contributed by atoms with Gasteiger partial charge in [-0.25, -0.2) is 13.8 Å². The van der Waals surface area contributed by atoms with E-state index in [0.29, 0.717) is 6.20 Å². The van der Waals surface area contributed by atoms with Gasteiger partial charge in [0.2, 0.25) is 5.88 Å². The maximum atomic E-state index is 13.1. The predicted molar refractivity (Wildman–Crippen MR) is 65.3 cm³/mol. The van der Waals surface area contributed by atoms with Crippen LogP contribution in [-0.2, 0) is 6.18 Å². The number of nitrogens with zero attached hydrogens (tertiary/aromatic N) is 1. The standard InChI is InChI=1S/C13H15F5N2O/c1-8-4-12(14,15)7-20-10(8)6-21-11-3-2-9(5-19-11)13(16,17)18/h2-3,5,8,10,20H,4,6-7H2,1H3. The summed E-state index contributed by atoms with van der Waals surface area (Å²) in [4.78, 5) is 3.57. The number of halogens is 5. The van der Waals surface area contributed by atoms with Gasteiger partial charge in [-0.05, 0) is 12.0 Å². The molecular formula is C13H15F5N2O. The lowest BCUT2D eigenvalue weighted by Crippen LogP contribution is -2.52. The third kappa shape index (κ3) is 4.26. The van der Waals surface area contributed by atoms with Gasteiger partial charge in [0.15, 0.2) is 0 Å². The number of pyridine rings is 1. The van der Waals surface area contributed by atoms with Crippen molar-refractivity contribution in [3.05, 3.63) is 23.9 Å². The van der Waals surface area contributed by atoms with Gasteiger partial charge in [0.1, 0.15) is 6.61 Å². The number of hydrogen-bond donors (Lipinski definition) is 1. The van der Waals surface area contributed by atoms with Crippen molar-refractivity contribution >= 4 is 0 Å². The number of ether oxygens (including phenoxy) is 1. The number of alkyl halides is 5. The van der Waals surface area contributed by atoms with E-state index >= 15 is 0 Å². The summed E-state index contributed by atoms with van der Waals surface area (Å²) in [6.45, 7) is 1.33. The molecule has 1 saturated heterocycles. The van der Waals surface area contributed by atoms with Crippen LogP contribution in [0, 0.1) is 5.92 Å². The van der Waals surface area contributed by atoms with Gasteiger partial charge in [0.05, 0.1) is 12.1 Å². The first-order valence-electron chi connectivity index (χ1n) is 6.45. The van der Waals surface area contributed by atoms with Crippen LogP contribution in [0.3, 0.4) is 0 Å². The molecule has 1 fully saturated rings. The van der Waals surface area contributed by atoms with Gasteiger partial charge >= 0.3 is 6.18 Å². The Hall–Kier alpha value is -1.44. The Morgan fingerprint density at radius 3 is 2.62 bits per heavy atom. The largest absolute Gasteiger partial charge is 0.476 e. The van der Waals surface area contributed by atoms with Gasteiger partial charge < -0.3 is 10.1 Å². The zero-order valence-electron chi connectivity index (χ0n) is 11.3. The number of piperidine rings is 1. The summed E-state index contributed by atoms with van der Waals surface area (Å²) in [6, 6.07) is 1.70. The molecule has 21 heavy (non-hydrogen) atoms. The quantitative estimate of drug-likeness (QED) is 0.871. The molecule has 3 nitrogen and oxygen atoms in total. The zero-order chi connectivity index (χ0) is 15.7. The Bertz CT molecular complexity index is 474. The minimum atomic E-state index is -4.45. The van der Waals surface area contributed by atoms with Gasteiger partial charge in [-0.3, -0.25) is 0 Å². The summed E-state index contributed by atoms with van der Waals surface area (Å²) in [5.74, 6) is -3.00. The Labute approximate surface area is 118 Å². The van der Waals surface area contributed by atoms with E-state index in [9.17, 15) is 22.0 Å². The summed E-state index contributed by atoms with van der Waals surface area (Å²) in [7, 11) is 0. The Balaban J connectivity index is 1.89. The number of rotatable bonds is 3. The van der Waals surface area contributed by atoms with Crippen LogP contribution in [0.15, 0.2) is 18.3 Å². The van der Waals surface area contributed by atoms with Gasteiger partial charge in [0, 0.05) is 24.7 Å². The fraction of sp³-hybridized carbons (Fsp3) is 0.615. The highest BCUT2D eigenvalue weighted by Gasteiger charge is 2.39. The summed E-state index contributed by atoms with van der Waals surface area (Å²) >= 11 is 0. The van der Waals surface area contributed by atoms with Crippen molar-refractivity contribution in [1.29, 1.82) is 0 Å². The highest BCUT2D eigenvalue weighted by molar-refractivity contribution is 5.20. The molecule has 0 bridgehead atoms. The van der Waals surface area contributed by atoms with E-state index in [1.807, 2.05) is 0 Å². The van der Waals surface area contributed by atoms with Crippen LogP contribution < -0.4 is 10.1 Å². The number of nitrogens with one attached hydrogen (secondary N) is 1. The molecule has 1 aromatic heterocycles. The van der Waals surface area contributed by atoms with Crippen LogP contribution in [0.2, 0.25) is 0 Å². The summed E-state index contributed by atoms with van der Waals surface area (Å²) in [5, 5.41) is 2.68. The first-order valence-corrected chi connectivity index (χ1v) is 6.45. The molecule has 1 aliphatic heterocycles. The normalized spacial score (nSPS) is 25.6. The molecule has 0 radical (unpaired) electrons. The molecule has 1 N–H and O–H groups in total. The molecule has 118 valence electrons. The molecule has 1 aromatic rings. The van der Waals surface area contributed by atoms with E-state index in [4.69, 9.17) is 4.74 Å². The lowest BCUT2D eigenvalue weighted by molar-refractivity contribution is -0.137. The summed E-state index contributed by atoms with van der Waals surface area (Å²) in [5.41, 5.74) is -0.862. The van der Waals surface area contributed by atoms with Crippen molar-refractivity contribution in [3.8, 4) is 5.88 Å². The van der Waals surface area contributed by atoms with Gasteiger partial charge in [-0.1, -0.05) is 6.92 Å². The highest BCUT2D eigenvalue weighted by atomic mass is 19.4. The molecule has 1 aliphatic rings. The molecule has 0 aromatic carbocycles. The minimum absolute atomic E-state index is 0.0364. The molecule has 0 amide bonds. The number of aromatic nitrogens is 1. The molecule has 2 heterocycles. The number of hydrogen-bond acceptors (Lipinski definition) is 3. The van der Waals surface area contributed by atoms with Gasteiger partial charge in [-0.15, -0.1) is 0 Å². The van der Waals surface area contributed by atoms with Crippen LogP contribution >= 0.6 is 0 Å². The fourth-order valence-corrected chi connectivity index (χ4v) is 2.20. The smallest absolute Gasteiger partial charge is 0.417 e. The first-order chi connectivity index (χ1) is 9.67. The maximum Gasteiger partial charge on any atom is 0.417 e. The van der Waals surface area contributed by atoms with Gasteiger partial charge in [-0.2, -0.15) is 13.2 Å².